The summed E-state index contributed by atoms with van der Waals surface area (Å²) in [4.78, 5) is 11.8. The van der Waals surface area contributed by atoms with Crippen molar-refractivity contribution in [2.75, 3.05) is 5.32 Å². The molecule has 1 atom stereocenters. The number of aromatic nitrogens is 1. The molecular formula is C50H47N5. The molecule has 0 saturated heterocycles. The summed E-state index contributed by atoms with van der Waals surface area (Å²) >= 11 is 0. The fourth-order valence-corrected chi connectivity index (χ4v) is 7.79. The van der Waals surface area contributed by atoms with Gasteiger partial charge in [0, 0.05) is 16.4 Å². The van der Waals surface area contributed by atoms with Gasteiger partial charge in [-0.1, -0.05) is 166 Å². The number of aliphatic imine (C=N–C) groups is 3. The Morgan fingerprint density at radius 1 is 0.600 bits per heavy atom. The topological polar surface area (TPSA) is 54.0 Å². The molecule has 0 bridgehead atoms. The summed E-state index contributed by atoms with van der Waals surface area (Å²) in [6.45, 7) is 17.2. The number of fused-ring (bicyclic) bond motifs is 6. The highest BCUT2D eigenvalue weighted by atomic mass is 15.1. The predicted molar refractivity (Wildman–Crippen MR) is 236 cm³/mol. The van der Waals surface area contributed by atoms with Gasteiger partial charge in [0.25, 0.3) is 0 Å². The van der Waals surface area contributed by atoms with E-state index in [4.69, 9.17) is 0 Å². The van der Waals surface area contributed by atoms with Gasteiger partial charge in [0.1, 0.15) is 6.67 Å². The molecule has 5 heteroatoms. The molecule has 0 radical (unpaired) electrons. The van der Waals surface area contributed by atoms with Gasteiger partial charge in [-0.15, -0.1) is 0 Å². The van der Waals surface area contributed by atoms with Gasteiger partial charge in [-0.2, -0.15) is 0 Å². The number of para-hydroxylation sites is 1. The van der Waals surface area contributed by atoms with E-state index in [0.29, 0.717) is 6.67 Å². The van der Waals surface area contributed by atoms with Crippen molar-refractivity contribution in [3.8, 4) is 22.3 Å². The summed E-state index contributed by atoms with van der Waals surface area (Å²) in [5.74, 6) is 0. The highest BCUT2D eigenvalue weighted by Gasteiger charge is 2.35. The van der Waals surface area contributed by atoms with Crippen molar-refractivity contribution in [2.45, 2.75) is 45.1 Å². The van der Waals surface area contributed by atoms with E-state index in [-0.39, 0.29) is 11.5 Å². The SMILES string of the molecule is C=NCc1ccccc1.C=NCc1ccccc1.C=NCn1c2c(c3cccc(-c4ccccc4)c31)NC(c1ccc3c(c1)-c1ccccc1C3(C)C)C=C2. The Hall–Kier alpha value is -6.59. The van der Waals surface area contributed by atoms with Gasteiger partial charge >= 0.3 is 0 Å². The second-order valence-corrected chi connectivity index (χ2v) is 14.3. The van der Waals surface area contributed by atoms with Crippen LogP contribution in [0.4, 0.5) is 5.69 Å². The minimum atomic E-state index is 0.0202. The number of hydrogen-bond donors (Lipinski definition) is 1. The van der Waals surface area contributed by atoms with Crippen LogP contribution in [-0.4, -0.2) is 24.7 Å². The van der Waals surface area contributed by atoms with Gasteiger partial charge in [0.15, 0.2) is 0 Å². The zero-order chi connectivity index (χ0) is 38.2. The highest BCUT2D eigenvalue weighted by Crippen LogP contribution is 2.50. The van der Waals surface area contributed by atoms with Crippen LogP contribution in [0.25, 0.3) is 39.2 Å². The summed E-state index contributed by atoms with van der Waals surface area (Å²) < 4.78 is 2.28. The van der Waals surface area contributed by atoms with Gasteiger partial charge in [-0.05, 0) is 76.8 Å². The van der Waals surface area contributed by atoms with Crippen LogP contribution in [0.2, 0.25) is 0 Å². The third-order valence-electron chi connectivity index (χ3n) is 10.4. The molecule has 5 nitrogen and oxygen atoms in total. The van der Waals surface area contributed by atoms with Crippen molar-refractivity contribution in [1.82, 2.24) is 4.57 Å². The minimum Gasteiger partial charge on any atom is -0.372 e. The quantitative estimate of drug-likeness (QED) is 0.156. The highest BCUT2D eigenvalue weighted by molar-refractivity contribution is 6.06. The number of nitrogens with one attached hydrogen (secondary N) is 1. The van der Waals surface area contributed by atoms with Gasteiger partial charge in [0.05, 0.1) is 36.0 Å². The minimum absolute atomic E-state index is 0.0202. The van der Waals surface area contributed by atoms with Crippen LogP contribution in [-0.2, 0) is 25.2 Å². The van der Waals surface area contributed by atoms with Crippen molar-refractivity contribution in [3.05, 3.63) is 191 Å². The van der Waals surface area contributed by atoms with Crippen LogP contribution in [0.15, 0.2) is 173 Å². The predicted octanol–water partition coefficient (Wildman–Crippen LogP) is 12.2. The second kappa shape index (κ2) is 16.6. The van der Waals surface area contributed by atoms with Crippen molar-refractivity contribution < 1.29 is 0 Å². The lowest BCUT2D eigenvalue weighted by Gasteiger charge is -2.24. The number of nitrogens with zero attached hydrogens (tertiary/aromatic N) is 4. The third kappa shape index (κ3) is 7.60. The smallest absolute Gasteiger partial charge is 0.114 e. The van der Waals surface area contributed by atoms with Crippen LogP contribution in [0.3, 0.4) is 0 Å². The molecular weight excluding hydrogens is 671 g/mol. The van der Waals surface area contributed by atoms with Crippen LogP contribution < -0.4 is 5.32 Å². The van der Waals surface area contributed by atoms with Gasteiger partial charge in [0.2, 0.25) is 0 Å². The standard InChI is InChI=1S/C34H29N3.2C8H9N/c1-34(2)28-15-8-7-12-25(28)27-20-23(16-17-29(27)34)30-18-19-31-32(36-30)26-14-9-13-24(22-10-5-4-6-11-22)33(26)37(31)21-35-3;2*1-9-7-8-5-3-2-4-6-8/h4-20,30,36H,3,21H2,1-2H3;2*2-6H,1,7H2. The van der Waals surface area contributed by atoms with Crippen LogP contribution >= 0.6 is 0 Å². The van der Waals surface area contributed by atoms with Gasteiger partial charge in [-0.25, -0.2) is 0 Å². The van der Waals surface area contributed by atoms with Crippen molar-refractivity contribution in [3.63, 3.8) is 0 Å². The molecule has 0 fully saturated rings. The molecule has 1 aliphatic carbocycles. The van der Waals surface area contributed by atoms with Gasteiger partial charge < -0.3 is 9.88 Å². The monoisotopic (exact) mass is 717 g/mol. The maximum absolute atomic E-state index is 4.27. The second-order valence-electron chi connectivity index (χ2n) is 14.3. The van der Waals surface area contributed by atoms with E-state index in [1.54, 1.807) is 0 Å². The van der Waals surface area contributed by atoms with Crippen LogP contribution in [0.5, 0.6) is 0 Å². The Kier molecular flexibility index (Phi) is 11.1. The number of hydrogen-bond acceptors (Lipinski definition) is 4. The third-order valence-corrected chi connectivity index (χ3v) is 10.4. The maximum Gasteiger partial charge on any atom is 0.114 e. The van der Waals surface area contributed by atoms with E-state index in [1.807, 2.05) is 60.7 Å². The normalized spacial score (nSPS) is 14.1. The van der Waals surface area contributed by atoms with E-state index in [9.17, 15) is 0 Å². The molecule has 1 aliphatic heterocycles. The molecule has 55 heavy (non-hydrogen) atoms. The molecule has 6 aromatic carbocycles. The lowest BCUT2D eigenvalue weighted by Crippen LogP contribution is -2.16. The Balaban J connectivity index is 0.000000212. The molecule has 1 unspecified atom stereocenters. The number of benzene rings is 6. The molecule has 7 aromatic rings. The number of rotatable bonds is 8. The molecule has 0 spiro atoms. The van der Waals surface area contributed by atoms with E-state index >= 15 is 0 Å². The Morgan fingerprint density at radius 3 is 1.82 bits per heavy atom. The average Bonchev–Trinajstić information content (AvgIpc) is 3.67. The van der Waals surface area contributed by atoms with Gasteiger partial charge in [-0.3, -0.25) is 15.0 Å². The van der Waals surface area contributed by atoms with Crippen molar-refractivity contribution in [2.24, 2.45) is 15.0 Å². The first-order chi connectivity index (χ1) is 26.9. The fourth-order valence-electron chi connectivity index (χ4n) is 7.79. The molecule has 0 saturated carbocycles. The maximum atomic E-state index is 4.27. The van der Waals surface area contributed by atoms with E-state index in [2.05, 4.69) is 162 Å². The van der Waals surface area contributed by atoms with E-state index in [0.717, 1.165) is 24.5 Å². The molecule has 1 N–H and O–H groups in total. The number of anilines is 1. The lowest BCUT2D eigenvalue weighted by molar-refractivity contribution is 0.660. The molecule has 1 aromatic heterocycles. The summed E-state index contributed by atoms with van der Waals surface area (Å²) in [6, 6.07) is 53.2. The zero-order valence-electron chi connectivity index (χ0n) is 31.7. The van der Waals surface area contributed by atoms with Crippen molar-refractivity contribution >= 4 is 42.8 Å². The average molecular weight is 718 g/mol. The zero-order valence-corrected chi connectivity index (χ0v) is 31.7. The molecule has 9 rings (SSSR count). The van der Waals surface area contributed by atoms with Crippen LogP contribution in [0.1, 0.15) is 53.4 Å². The first-order valence-electron chi connectivity index (χ1n) is 18.7. The largest absolute Gasteiger partial charge is 0.372 e. The fraction of sp³-hybridized carbons (Fsp3) is 0.140. The van der Waals surface area contributed by atoms with E-state index < -0.39 is 0 Å². The molecule has 0 amide bonds. The van der Waals surface area contributed by atoms with Crippen molar-refractivity contribution in [1.29, 1.82) is 0 Å². The lowest BCUT2D eigenvalue weighted by atomic mass is 9.82. The van der Waals surface area contributed by atoms with Crippen LogP contribution in [0, 0.1) is 0 Å². The molecule has 2 heterocycles. The Bertz CT molecular complexity index is 2410. The summed E-state index contributed by atoms with van der Waals surface area (Å²) in [6.07, 6.45) is 4.53. The first kappa shape index (κ1) is 36.8. The Labute approximate surface area is 325 Å². The molecule has 2 aliphatic rings. The first-order valence-corrected chi connectivity index (χ1v) is 18.7. The van der Waals surface area contributed by atoms with E-state index in [1.165, 1.54) is 61.0 Å². The summed E-state index contributed by atoms with van der Waals surface area (Å²) in [5, 5.41) is 5.09. The Morgan fingerprint density at radius 2 is 1.18 bits per heavy atom. The summed E-state index contributed by atoms with van der Waals surface area (Å²) in [7, 11) is 0. The molecule has 272 valence electrons. The summed E-state index contributed by atoms with van der Waals surface area (Å²) in [5.41, 5.74) is 15.1.